The molecule has 7 aromatic rings. The summed E-state index contributed by atoms with van der Waals surface area (Å²) in [5, 5.41) is 0. The summed E-state index contributed by atoms with van der Waals surface area (Å²) in [7, 11) is 0. The molecule has 3 heterocycles. The van der Waals surface area contributed by atoms with E-state index in [1.54, 1.807) is 11.1 Å². The van der Waals surface area contributed by atoms with Crippen LogP contribution in [0.4, 0.5) is 51.2 Å². The number of hydrogen-bond donors (Lipinski definition) is 0. The second-order valence-electron chi connectivity index (χ2n) is 20.0. The van der Waals surface area contributed by atoms with Gasteiger partial charge in [-0.05, 0) is 195 Å². The van der Waals surface area contributed by atoms with E-state index in [9.17, 15) is 0 Å². The lowest BCUT2D eigenvalue weighted by Gasteiger charge is -2.65. The van der Waals surface area contributed by atoms with Crippen LogP contribution in [0, 0.1) is 51.4 Å². The first-order chi connectivity index (χ1) is 30.3. The highest BCUT2D eigenvalue weighted by atomic mass is 15.2. The van der Waals surface area contributed by atoms with E-state index in [2.05, 4.69) is 189 Å². The zero-order valence-corrected chi connectivity index (χ0v) is 36.8. The van der Waals surface area contributed by atoms with Gasteiger partial charge in [-0.25, -0.2) is 0 Å². The van der Waals surface area contributed by atoms with E-state index in [1.165, 1.54) is 116 Å². The van der Waals surface area contributed by atoms with Crippen LogP contribution in [0.15, 0.2) is 140 Å². The average Bonchev–Trinajstić information content (AvgIpc) is 3.27. The number of para-hydroxylation sites is 2. The molecule has 4 heteroatoms. The molecule has 62 heavy (non-hydrogen) atoms. The molecular weight excluding hydrogens is 749 g/mol. The third-order valence-electron chi connectivity index (χ3n) is 16.4. The minimum absolute atomic E-state index is 0.0218. The molecule has 3 aliphatic heterocycles. The van der Waals surface area contributed by atoms with E-state index in [4.69, 9.17) is 0 Å². The summed E-state index contributed by atoms with van der Waals surface area (Å²) in [6.45, 7) is 11.7. The van der Waals surface area contributed by atoms with E-state index in [-0.39, 0.29) is 12.1 Å². The molecule has 14 rings (SSSR count). The van der Waals surface area contributed by atoms with Gasteiger partial charge in [0.1, 0.15) is 0 Å². The Morgan fingerprint density at radius 1 is 0.532 bits per heavy atom. The summed E-state index contributed by atoms with van der Waals surface area (Å²) in [6, 6.07) is 54.2. The van der Waals surface area contributed by atoms with Crippen molar-refractivity contribution >= 4 is 74.3 Å². The van der Waals surface area contributed by atoms with E-state index < -0.39 is 0 Å². The largest absolute Gasteiger partial charge is 0.311 e. The summed E-state index contributed by atoms with van der Waals surface area (Å²) < 4.78 is 0. The number of anilines is 9. The van der Waals surface area contributed by atoms with Gasteiger partial charge in [0.25, 0.3) is 6.71 Å². The zero-order chi connectivity index (χ0) is 41.6. The fraction of sp³-hybridized carbons (Fsp3) is 0.276. The molecule has 4 aliphatic carbocycles. The van der Waals surface area contributed by atoms with Crippen LogP contribution in [0.1, 0.15) is 78.0 Å². The first-order valence-electron chi connectivity index (χ1n) is 23.4. The Bertz CT molecular complexity index is 2900. The van der Waals surface area contributed by atoms with Crippen molar-refractivity contribution in [1.29, 1.82) is 0 Å². The first-order valence-corrected chi connectivity index (χ1v) is 23.4. The van der Waals surface area contributed by atoms with Crippen molar-refractivity contribution in [2.75, 3.05) is 14.7 Å². The molecule has 7 aromatic carbocycles. The maximum absolute atomic E-state index is 2.78. The van der Waals surface area contributed by atoms with Crippen LogP contribution in [0.5, 0.6) is 0 Å². The summed E-state index contributed by atoms with van der Waals surface area (Å²) in [4.78, 5) is 7.87. The van der Waals surface area contributed by atoms with Crippen molar-refractivity contribution in [3.63, 3.8) is 0 Å². The number of benzene rings is 7. The van der Waals surface area contributed by atoms with Crippen molar-refractivity contribution in [3.8, 4) is 0 Å². The van der Waals surface area contributed by atoms with Gasteiger partial charge in [0.15, 0.2) is 0 Å². The molecule has 4 saturated carbocycles. The third-order valence-corrected chi connectivity index (χ3v) is 16.4. The Labute approximate surface area is 368 Å². The second kappa shape index (κ2) is 13.3. The zero-order valence-electron chi connectivity index (χ0n) is 36.8. The topological polar surface area (TPSA) is 9.72 Å². The van der Waals surface area contributed by atoms with Gasteiger partial charge >= 0.3 is 0 Å². The average molecular weight is 804 g/mol. The van der Waals surface area contributed by atoms with Crippen LogP contribution >= 0.6 is 0 Å². The maximum Gasteiger partial charge on any atom is 0.252 e. The molecule has 0 aromatic heterocycles. The molecule has 7 aliphatic rings. The summed E-state index contributed by atoms with van der Waals surface area (Å²) in [6.07, 6.45) is 7.94. The van der Waals surface area contributed by atoms with Crippen molar-refractivity contribution in [3.05, 3.63) is 178 Å². The highest BCUT2D eigenvalue weighted by Gasteiger charge is 2.63. The molecule has 1 spiro atoms. The lowest BCUT2D eigenvalue weighted by molar-refractivity contribution is -0.0419. The minimum Gasteiger partial charge on any atom is -0.311 e. The lowest BCUT2D eigenvalue weighted by Crippen LogP contribution is -2.64. The van der Waals surface area contributed by atoms with Crippen molar-refractivity contribution in [1.82, 2.24) is 0 Å². The molecule has 4 bridgehead atoms. The SMILES string of the molecule is CCc1ccc(N2c3cc(C)cc(C)c3B3c4cc(C)cc5c4N(c4cc(C)ccc4C54C5CC6CC(C5)CC4C6)c4cc(N(c5ccccc5)c5ccccc5)cc2c43)cc1. The van der Waals surface area contributed by atoms with Gasteiger partial charge in [-0.15, -0.1) is 0 Å². The molecule has 0 atom stereocenters. The van der Waals surface area contributed by atoms with Crippen LogP contribution in [0.2, 0.25) is 0 Å². The Balaban J connectivity index is 1.18. The van der Waals surface area contributed by atoms with E-state index in [0.29, 0.717) is 11.8 Å². The Morgan fingerprint density at radius 3 is 1.77 bits per heavy atom. The molecule has 3 nitrogen and oxygen atoms in total. The van der Waals surface area contributed by atoms with Gasteiger partial charge in [-0.2, -0.15) is 0 Å². The molecule has 0 amide bonds. The molecule has 0 saturated heterocycles. The van der Waals surface area contributed by atoms with Crippen LogP contribution in [0.25, 0.3) is 0 Å². The van der Waals surface area contributed by atoms with Crippen molar-refractivity contribution < 1.29 is 0 Å². The normalized spacial score (nSPS) is 23.0. The van der Waals surface area contributed by atoms with Crippen molar-refractivity contribution in [2.45, 2.75) is 78.6 Å². The second-order valence-corrected chi connectivity index (χ2v) is 20.0. The van der Waals surface area contributed by atoms with E-state index in [1.807, 2.05) is 0 Å². The summed E-state index contributed by atoms with van der Waals surface area (Å²) in [5.74, 6) is 3.12. The quantitative estimate of drug-likeness (QED) is 0.161. The predicted molar refractivity (Wildman–Crippen MR) is 261 cm³/mol. The highest BCUT2D eigenvalue weighted by Crippen LogP contribution is 2.70. The number of rotatable bonds is 5. The van der Waals surface area contributed by atoms with Gasteiger partial charge < -0.3 is 14.7 Å². The number of aryl methyl sites for hydroxylation is 5. The number of nitrogens with zero attached hydrogens (tertiary/aromatic N) is 3. The molecule has 0 radical (unpaired) electrons. The van der Waals surface area contributed by atoms with Gasteiger partial charge in [-0.1, -0.05) is 96.9 Å². The Morgan fingerprint density at radius 2 is 1.13 bits per heavy atom. The van der Waals surface area contributed by atoms with Gasteiger partial charge in [0.05, 0.1) is 11.4 Å². The predicted octanol–water partition coefficient (Wildman–Crippen LogP) is 13.1. The smallest absolute Gasteiger partial charge is 0.252 e. The molecule has 0 N–H and O–H groups in total. The van der Waals surface area contributed by atoms with Crippen LogP contribution in [-0.2, 0) is 11.8 Å². The van der Waals surface area contributed by atoms with Crippen LogP contribution in [-0.4, -0.2) is 6.71 Å². The monoisotopic (exact) mass is 803 g/mol. The third kappa shape index (κ3) is 4.95. The first kappa shape index (κ1) is 36.6. The molecule has 4 fully saturated rings. The fourth-order valence-electron chi connectivity index (χ4n) is 14.4. The Kier molecular flexibility index (Phi) is 7.83. The summed E-state index contributed by atoms with van der Waals surface area (Å²) >= 11 is 0. The Hall–Kier alpha value is -6.00. The van der Waals surface area contributed by atoms with Crippen molar-refractivity contribution in [2.24, 2.45) is 23.7 Å². The summed E-state index contributed by atoms with van der Waals surface area (Å²) in [5.41, 5.74) is 25.7. The minimum atomic E-state index is 0.0218. The van der Waals surface area contributed by atoms with Gasteiger partial charge in [-0.3, -0.25) is 0 Å². The maximum atomic E-state index is 2.78. The number of hydrogen-bond acceptors (Lipinski definition) is 3. The van der Waals surface area contributed by atoms with Crippen LogP contribution in [0.3, 0.4) is 0 Å². The lowest BCUT2D eigenvalue weighted by atomic mass is 9.31. The molecular formula is C58H54BN3. The molecule has 304 valence electrons. The van der Waals surface area contributed by atoms with Gasteiger partial charge in [0.2, 0.25) is 0 Å². The molecule has 0 unspecified atom stereocenters. The van der Waals surface area contributed by atoms with Crippen LogP contribution < -0.4 is 31.1 Å². The highest BCUT2D eigenvalue weighted by molar-refractivity contribution is 7.00. The fourth-order valence-corrected chi connectivity index (χ4v) is 14.4. The standard InChI is InChI=1S/C58H54BN3/c1-6-39-18-20-46(21-19-39)61-52-27-36(3)23-38(5)55(52)59-50-25-37(4)24-49-57(50)62(51-26-35(2)17-22-48(51)58(49)42-29-40-28-41(31-42)32-43(58)30-40)54-34-47(33-53(61)56(54)59)60(44-13-9-7-10-14-44)45-15-11-8-12-16-45/h7-27,33-34,40-43H,6,28-32H2,1-5H3. The van der Waals surface area contributed by atoms with E-state index in [0.717, 1.165) is 29.6 Å². The van der Waals surface area contributed by atoms with Gasteiger partial charge in [0, 0.05) is 45.2 Å². The number of fused-ring (bicyclic) bond motifs is 6. The van der Waals surface area contributed by atoms with E-state index >= 15 is 0 Å².